The second-order valence-electron chi connectivity index (χ2n) is 7.22. The van der Waals surface area contributed by atoms with Crippen molar-refractivity contribution in [2.24, 2.45) is 0 Å². The number of sulfone groups is 1. The summed E-state index contributed by atoms with van der Waals surface area (Å²) in [7, 11) is -3.08. The molecule has 1 saturated carbocycles. The van der Waals surface area contributed by atoms with Crippen molar-refractivity contribution in [2.75, 3.05) is 26.0 Å². The summed E-state index contributed by atoms with van der Waals surface area (Å²) in [5, 5.41) is 3.51. The Kier molecular flexibility index (Phi) is 4.81. The molecule has 1 aliphatic carbocycles. The number of benzene rings is 1. The van der Waals surface area contributed by atoms with Gasteiger partial charge in [0, 0.05) is 32.1 Å². The molecule has 1 aromatic rings. The minimum Gasteiger partial charge on any atom is -0.381 e. The lowest BCUT2D eigenvalue weighted by Gasteiger charge is -2.41. The van der Waals surface area contributed by atoms with E-state index in [1.165, 1.54) is 17.4 Å². The van der Waals surface area contributed by atoms with Gasteiger partial charge in [-0.15, -0.1) is 0 Å². The zero-order valence-electron chi connectivity index (χ0n) is 14.0. The number of ether oxygens (including phenoxy) is 1. The fourth-order valence-electron chi connectivity index (χ4n) is 3.65. The molecule has 0 spiro atoms. The summed E-state index contributed by atoms with van der Waals surface area (Å²) < 4.78 is 29.2. The van der Waals surface area contributed by atoms with Crippen LogP contribution in [-0.4, -0.2) is 45.2 Å². The molecule has 1 aliphatic heterocycles. The third-order valence-electron chi connectivity index (χ3n) is 5.59. The van der Waals surface area contributed by atoms with E-state index in [1.807, 2.05) is 0 Å². The zero-order chi connectivity index (χ0) is 16.5. The van der Waals surface area contributed by atoms with Crippen molar-refractivity contribution in [1.82, 2.24) is 5.32 Å². The largest absolute Gasteiger partial charge is 0.381 e. The molecule has 0 bridgehead atoms. The van der Waals surface area contributed by atoms with E-state index in [1.54, 1.807) is 0 Å². The fraction of sp³-hybridized carbons (Fsp3) is 0.667. The first kappa shape index (κ1) is 16.9. The maximum Gasteiger partial charge on any atom is 0.154 e. The van der Waals surface area contributed by atoms with Crippen LogP contribution in [0.4, 0.5) is 0 Å². The van der Waals surface area contributed by atoms with Gasteiger partial charge >= 0.3 is 0 Å². The van der Waals surface area contributed by atoms with Gasteiger partial charge in [0.05, 0.1) is 4.75 Å². The molecule has 0 aromatic heterocycles. The second kappa shape index (κ2) is 6.54. The average molecular weight is 337 g/mol. The van der Waals surface area contributed by atoms with E-state index in [0.29, 0.717) is 44.6 Å². The highest BCUT2D eigenvalue weighted by Crippen LogP contribution is 2.38. The van der Waals surface area contributed by atoms with Crippen molar-refractivity contribution in [2.45, 2.75) is 49.3 Å². The highest BCUT2D eigenvalue weighted by Gasteiger charge is 2.43. The lowest BCUT2D eigenvalue weighted by atomic mass is 9.75. The van der Waals surface area contributed by atoms with Gasteiger partial charge in [-0.25, -0.2) is 8.42 Å². The molecule has 2 aliphatic rings. The SMILES string of the molecule is Cc1ccc(C2CC(NCC3(S(C)(=O)=O)CCOCC3)C2)cc1. The number of rotatable bonds is 5. The standard InChI is InChI=1S/C18H27NO3S/c1-14-3-5-15(6-4-14)16-11-17(12-16)19-13-18(23(2,20)21)7-9-22-10-8-18/h3-6,16-17,19H,7-13H2,1-2H3. The third-order valence-corrected chi connectivity index (χ3v) is 7.72. The number of hydrogen-bond donors (Lipinski definition) is 1. The van der Waals surface area contributed by atoms with Gasteiger partial charge < -0.3 is 10.1 Å². The predicted octanol–water partition coefficient (Wildman–Crippen LogP) is 2.42. The summed E-state index contributed by atoms with van der Waals surface area (Å²) in [5.74, 6) is 0.608. The van der Waals surface area contributed by atoms with Gasteiger partial charge in [0.2, 0.25) is 0 Å². The van der Waals surface area contributed by atoms with Crippen molar-refractivity contribution in [1.29, 1.82) is 0 Å². The first-order valence-electron chi connectivity index (χ1n) is 8.47. The van der Waals surface area contributed by atoms with E-state index in [2.05, 4.69) is 36.5 Å². The molecule has 1 heterocycles. The predicted molar refractivity (Wildman–Crippen MR) is 92.6 cm³/mol. The summed E-state index contributed by atoms with van der Waals surface area (Å²) >= 11 is 0. The summed E-state index contributed by atoms with van der Waals surface area (Å²) in [6.45, 7) is 3.75. The normalized spacial score (nSPS) is 27.4. The Morgan fingerprint density at radius 1 is 1.17 bits per heavy atom. The molecule has 0 atom stereocenters. The zero-order valence-corrected chi connectivity index (χ0v) is 14.9. The van der Waals surface area contributed by atoms with Crippen LogP contribution in [0.5, 0.6) is 0 Å². The molecule has 1 aromatic carbocycles. The Morgan fingerprint density at radius 3 is 2.35 bits per heavy atom. The van der Waals surface area contributed by atoms with Gasteiger partial charge in [-0.3, -0.25) is 0 Å². The van der Waals surface area contributed by atoms with Crippen LogP contribution in [0.15, 0.2) is 24.3 Å². The van der Waals surface area contributed by atoms with E-state index >= 15 is 0 Å². The van der Waals surface area contributed by atoms with Crippen molar-refractivity contribution in [3.05, 3.63) is 35.4 Å². The molecule has 3 rings (SSSR count). The van der Waals surface area contributed by atoms with Crippen LogP contribution in [0.1, 0.15) is 42.7 Å². The van der Waals surface area contributed by atoms with Crippen LogP contribution < -0.4 is 5.32 Å². The average Bonchev–Trinajstić information content (AvgIpc) is 2.47. The second-order valence-corrected chi connectivity index (χ2v) is 9.63. The van der Waals surface area contributed by atoms with E-state index < -0.39 is 14.6 Å². The lowest BCUT2D eigenvalue weighted by Crippen LogP contribution is -2.54. The molecule has 0 radical (unpaired) electrons. The van der Waals surface area contributed by atoms with Crippen LogP contribution in [0.25, 0.3) is 0 Å². The van der Waals surface area contributed by atoms with Crippen LogP contribution >= 0.6 is 0 Å². The van der Waals surface area contributed by atoms with Gasteiger partial charge in [-0.05, 0) is 44.1 Å². The number of hydrogen-bond acceptors (Lipinski definition) is 4. The van der Waals surface area contributed by atoms with Gasteiger partial charge in [0.1, 0.15) is 0 Å². The molecule has 5 heteroatoms. The molecular weight excluding hydrogens is 310 g/mol. The third kappa shape index (κ3) is 3.62. The topological polar surface area (TPSA) is 55.4 Å². The highest BCUT2D eigenvalue weighted by molar-refractivity contribution is 7.92. The van der Waals surface area contributed by atoms with Gasteiger partial charge in [-0.1, -0.05) is 29.8 Å². The molecular formula is C18H27NO3S. The molecule has 1 saturated heterocycles. The monoisotopic (exact) mass is 337 g/mol. The van der Waals surface area contributed by atoms with E-state index in [-0.39, 0.29) is 0 Å². The molecule has 2 fully saturated rings. The fourth-order valence-corrected chi connectivity index (χ4v) is 4.90. The van der Waals surface area contributed by atoms with Gasteiger partial charge in [0.15, 0.2) is 9.84 Å². The minimum atomic E-state index is -3.08. The Bertz CT molecular complexity index is 627. The maximum atomic E-state index is 12.2. The van der Waals surface area contributed by atoms with E-state index in [0.717, 1.165) is 12.8 Å². The van der Waals surface area contributed by atoms with Crippen molar-refractivity contribution in [3.63, 3.8) is 0 Å². The van der Waals surface area contributed by atoms with E-state index in [4.69, 9.17) is 4.74 Å². The smallest absolute Gasteiger partial charge is 0.154 e. The molecule has 128 valence electrons. The molecule has 0 amide bonds. The summed E-state index contributed by atoms with van der Waals surface area (Å²) in [4.78, 5) is 0. The Balaban J connectivity index is 1.54. The van der Waals surface area contributed by atoms with Gasteiger partial charge in [0.25, 0.3) is 0 Å². The first-order valence-corrected chi connectivity index (χ1v) is 10.4. The Morgan fingerprint density at radius 2 is 1.78 bits per heavy atom. The number of aryl methyl sites for hydroxylation is 1. The molecule has 1 N–H and O–H groups in total. The van der Waals surface area contributed by atoms with Crippen LogP contribution in [0.3, 0.4) is 0 Å². The highest BCUT2D eigenvalue weighted by atomic mass is 32.2. The quantitative estimate of drug-likeness (QED) is 0.896. The summed E-state index contributed by atoms with van der Waals surface area (Å²) in [6.07, 6.45) is 4.77. The Labute approximate surface area is 139 Å². The molecule has 0 unspecified atom stereocenters. The van der Waals surface area contributed by atoms with Crippen LogP contribution in [0, 0.1) is 6.92 Å². The number of nitrogens with one attached hydrogen (secondary N) is 1. The van der Waals surface area contributed by atoms with Crippen LogP contribution in [-0.2, 0) is 14.6 Å². The summed E-state index contributed by atoms with van der Waals surface area (Å²) in [6, 6.07) is 9.19. The Hall–Kier alpha value is -0.910. The first-order chi connectivity index (χ1) is 10.9. The minimum absolute atomic E-state index is 0.433. The molecule has 4 nitrogen and oxygen atoms in total. The summed E-state index contributed by atoms with van der Waals surface area (Å²) in [5.41, 5.74) is 2.69. The van der Waals surface area contributed by atoms with Crippen molar-refractivity contribution >= 4 is 9.84 Å². The van der Waals surface area contributed by atoms with Crippen molar-refractivity contribution < 1.29 is 13.2 Å². The lowest BCUT2D eigenvalue weighted by molar-refractivity contribution is 0.0724. The van der Waals surface area contributed by atoms with Crippen molar-refractivity contribution in [3.8, 4) is 0 Å². The van der Waals surface area contributed by atoms with Crippen LogP contribution in [0.2, 0.25) is 0 Å². The van der Waals surface area contributed by atoms with E-state index in [9.17, 15) is 8.42 Å². The molecule has 23 heavy (non-hydrogen) atoms. The van der Waals surface area contributed by atoms with Gasteiger partial charge in [-0.2, -0.15) is 0 Å². The maximum absolute atomic E-state index is 12.2.